The van der Waals surface area contributed by atoms with Gasteiger partial charge in [0.1, 0.15) is 5.82 Å². The number of hydrogen-bond donors (Lipinski definition) is 1. The molecule has 106 valence electrons. The Hall–Kier alpha value is -1.19. The highest BCUT2D eigenvalue weighted by molar-refractivity contribution is 9.10. The summed E-state index contributed by atoms with van der Waals surface area (Å²) in [5.74, 6) is -0.150. The maximum Gasteiger partial charge on any atom is 0.127 e. The summed E-state index contributed by atoms with van der Waals surface area (Å²) in [5, 5.41) is 3.28. The molecule has 0 bridgehead atoms. The van der Waals surface area contributed by atoms with Crippen molar-refractivity contribution in [3.05, 3.63) is 69.4 Å². The molecule has 1 unspecified atom stereocenters. The zero-order valence-electron chi connectivity index (χ0n) is 11.8. The minimum Gasteiger partial charge on any atom is -0.316 e. The molecule has 1 nitrogen and oxygen atoms in total. The van der Waals surface area contributed by atoms with Gasteiger partial charge in [0, 0.05) is 10.5 Å². The van der Waals surface area contributed by atoms with Crippen LogP contribution in [0.15, 0.2) is 46.9 Å². The van der Waals surface area contributed by atoms with Gasteiger partial charge in [-0.2, -0.15) is 0 Å². The molecule has 0 radical (unpaired) electrons. The lowest BCUT2D eigenvalue weighted by Gasteiger charge is -2.17. The minimum absolute atomic E-state index is 0.150. The molecule has 20 heavy (non-hydrogen) atoms. The van der Waals surface area contributed by atoms with Crippen LogP contribution in [-0.4, -0.2) is 13.1 Å². The third-order valence-corrected chi connectivity index (χ3v) is 3.99. The summed E-state index contributed by atoms with van der Waals surface area (Å²) in [7, 11) is 1.93. The molecule has 2 rings (SSSR count). The van der Waals surface area contributed by atoms with Gasteiger partial charge in [-0.3, -0.25) is 0 Å². The molecule has 1 N–H and O–H groups in total. The largest absolute Gasteiger partial charge is 0.316 e. The van der Waals surface area contributed by atoms with Crippen LogP contribution < -0.4 is 5.32 Å². The first-order chi connectivity index (χ1) is 9.58. The Labute approximate surface area is 128 Å². The molecule has 0 aromatic heterocycles. The van der Waals surface area contributed by atoms with Gasteiger partial charge in [0.15, 0.2) is 0 Å². The van der Waals surface area contributed by atoms with Crippen LogP contribution in [0.4, 0.5) is 4.39 Å². The standard InChI is InChI=1S/C17H19BrFN/c1-12-3-5-13(6-4-12)9-16(20-2)10-14-7-8-15(18)11-17(14)19/h3-8,11,16,20H,9-10H2,1-2H3. The summed E-state index contributed by atoms with van der Waals surface area (Å²) in [6.45, 7) is 2.08. The van der Waals surface area contributed by atoms with E-state index in [4.69, 9.17) is 0 Å². The predicted molar refractivity (Wildman–Crippen MR) is 85.5 cm³/mol. The molecular formula is C17H19BrFN. The molecule has 0 amide bonds. The van der Waals surface area contributed by atoms with Crippen molar-refractivity contribution in [3.63, 3.8) is 0 Å². The Bertz CT molecular complexity index is 566. The summed E-state index contributed by atoms with van der Waals surface area (Å²) in [4.78, 5) is 0. The number of hydrogen-bond acceptors (Lipinski definition) is 1. The molecule has 0 aliphatic carbocycles. The van der Waals surface area contributed by atoms with Crippen molar-refractivity contribution in [1.29, 1.82) is 0 Å². The van der Waals surface area contributed by atoms with E-state index >= 15 is 0 Å². The van der Waals surface area contributed by atoms with E-state index in [1.807, 2.05) is 19.2 Å². The quantitative estimate of drug-likeness (QED) is 0.860. The van der Waals surface area contributed by atoms with Gasteiger partial charge in [-0.05, 0) is 50.1 Å². The molecule has 2 aromatic carbocycles. The maximum absolute atomic E-state index is 13.9. The van der Waals surface area contributed by atoms with E-state index < -0.39 is 0 Å². The fourth-order valence-electron chi connectivity index (χ4n) is 2.24. The van der Waals surface area contributed by atoms with Crippen LogP contribution >= 0.6 is 15.9 Å². The van der Waals surface area contributed by atoms with E-state index in [-0.39, 0.29) is 11.9 Å². The second kappa shape index (κ2) is 7.00. The lowest BCUT2D eigenvalue weighted by Crippen LogP contribution is -2.30. The molecule has 1 atom stereocenters. The molecule has 0 spiro atoms. The minimum atomic E-state index is -0.150. The monoisotopic (exact) mass is 335 g/mol. The third kappa shape index (κ3) is 4.15. The summed E-state index contributed by atoms with van der Waals surface area (Å²) in [6.07, 6.45) is 1.58. The normalized spacial score (nSPS) is 12.4. The number of benzene rings is 2. The molecule has 0 heterocycles. The van der Waals surface area contributed by atoms with Gasteiger partial charge in [-0.25, -0.2) is 4.39 Å². The van der Waals surface area contributed by atoms with E-state index in [0.29, 0.717) is 6.42 Å². The molecule has 0 aliphatic heterocycles. The molecular weight excluding hydrogens is 317 g/mol. The van der Waals surface area contributed by atoms with Gasteiger partial charge in [0.05, 0.1) is 0 Å². The molecule has 3 heteroatoms. The second-order valence-electron chi connectivity index (χ2n) is 5.12. The van der Waals surface area contributed by atoms with E-state index in [2.05, 4.69) is 52.4 Å². The molecule has 2 aromatic rings. The first kappa shape index (κ1) is 15.2. The van der Waals surface area contributed by atoms with Gasteiger partial charge in [0.25, 0.3) is 0 Å². The summed E-state index contributed by atoms with van der Waals surface area (Å²) in [5.41, 5.74) is 3.28. The van der Waals surface area contributed by atoms with Gasteiger partial charge in [0.2, 0.25) is 0 Å². The number of likely N-dealkylation sites (N-methyl/N-ethyl adjacent to an activating group) is 1. The summed E-state index contributed by atoms with van der Waals surface area (Å²) >= 11 is 3.28. The zero-order valence-corrected chi connectivity index (χ0v) is 13.4. The van der Waals surface area contributed by atoms with Crippen molar-refractivity contribution >= 4 is 15.9 Å². The fourth-order valence-corrected chi connectivity index (χ4v) is 2.57. The van der Waals surface area contributed by atoms with Crippen molar-refractivity contribution in [2.75, 3.05) is 7.05 Å². The number of rotatable bonds is 5. The highest BCUT2D eigenvalue weighted by Crippen LogP contribution is 2.18. The van der Waals surface area contributed by atoms with E-state index in [9.17, 15) is 4.39 Å². The Morgan fingerprint density at radius 2 is 1.80 bits per heavy atom. The molecule has 0 aliphatic rings. The van der Waals surface area contributed by atoms with Crippen LogP contribution in [0, 0.1) is 12.7 Å². The van der Waals surface area contributed by atoms with Crippen molar-refractivity contribution < 1.29 is 4.39 Å². The van der Waals surface area contributed by atoms with Crippen LogP contribution in [0.25, 0.3) is 0 Å². The maximum atomic E-state index is 13.9. The topological polar surface area (TPSA) is 12.0 Å². The van der Waals surface area contributed by atoms with Crippen LogP contribution in [-0.2, 0) is 12.8 Å². The first-order valence-corrected chi connectivity index (χ1v) is 7.54. The average Bonchev–Trinajstić information content (AvgIpc) is 2.43. The van der Waals surface area contributed by atoms with Crippen molar-refractivity contribution in [3.8, 4) is 0 Å². The second-order valence-corrected chi connectivity index (χ2v) is 6.03. The molecule has 0 saturated carbocycles. The molecule has 0 fully saturated rings. The summed E-state index contributed by atoms with van der Waals surface area (Å²) in [6, 6.07) is 14.0. The Balaban J connectivity index is 2.07. The van der Waals surface area contributed by atoms with E-state index in [0.717, 1.165) is 16.5 Å². The highest BCUT2D eigenvalue weighted by atomic mass is 79.9. The number of halogens is 2. The lowest BCUT2D eigenvalue weighted by atomic mass is 9.98. The van der Waals surface area contributed by atoms with E-state index in [1.54, 1.807) is 0 Å². The van der Waals surface area contributed by atoms with Gasteiger partial charge in [-0.15, -0.1) is 0 Å². The zero-order chi connectivity index (χ0) is 14.5. The van der Waals surface area contributed by atoms with Crippen LogP contribution in [0.3, 0.4) is 0 Å². The van der Waals surface area contributed by atoms with E-state index in [1.165, 1.54) is 17.2 Å². The van der Waals surface area contributed by atoms with Gasteiger partial charge < -0.3 is 5.32 Å². The van der Waals surface area contributed by atoms with Gasteiger partial charge >= 0.3 is 0 Å². The van der Waals surface area contributed by atoms with Crippen molar-refractivity contribution in [2.24, 2.45) is 0 Å². The summed E-state index contributed by atoms with van der Waals surface area (Å²) < 4.78 is 14.7. The highest BCUT2D eigenvalue weighted by Gasteiger charge is 2.11. The molecule has 0 saturated heterocycles. The number of aryl methyl sites for hydroxylation is 1. The van der Waals surface area contributed by atoms with Crippen LogP contribution in [0.5, 0.6) is 0 Å². The van der Waals surface area contributed by atoms with Crippen LogP contribution in [0.1, 0.15) is 16.7 Å². The van der Waals surface area contributed by atoms with Crippen molar-refractivity contribution in [1.82, 2.24) is 5.32 Å². The fraction of sp³-hybridized carbons (Fsp3) is 0.294. The first-order valence-electron chi connectivity index (χ1n) is 6.75. The van der Waals surface area contributed by atoms with Crippen LogP contribution in [0.2, 0.25) is 0 Å². The SMILES string of the molecule is CNC(Cc1ccc(C)cc1)Cc1ccc(Br)cc1F. The van der Waals surface area contributed by atoms with Crippen molar-refractivity contribution in [2.45, 2.75) is 25.8 Å². The predicted octanol–water partition coefficient (Wildman–Crippen LogP) is 4.27. The van der Waals surface area contributed by atoms with Gasteiger partial charge in [-0.1, -0.05) is 51.8 Å². The third-order valence-electron chi connectivity index (χ3n) is 3.49. The lowest BCUT2D eigenvalue weighted by molar-refractivity contribution is 0.532. The smallest absolute Gasteiger partial charge is 0.127 e. The Kier molecular flexibility index (Phi) is 5.32. The number of nitrogens with one attached hydrogen (secondary N) is 1. The average molecular weight is 336 g/mol. The Morgan fingerprint density at radius 1 is 1.10 bits per heavy atom. The Morgan fingerprint density at radius 3 is 2.40 bits per heavy atom.